The van der Waals surface area contributed by atoms with Crippen LogP contribution in [0, 0.1) is 17.0 Å². The maximum absolute atomic E-state index is 13.5. The molecule has 0 saturated heterocycles. The first-order chi connectivity index (χ1) is 10.5. The van der Waals surface area contributed by atoms with Crippen molar-refractivity contribution in [2.24, 2.45) is 5.41 Å². The summed E-state index contributed by atoms with van der Waals surface area (Å²) in [6.07, 6.45) is 4.48. The summed E-state index contributed by atoms with van der Waals surface area (Å²) in [5.41, 5.74) is 0.173. The van der Waals surface area contributed by atoms with Crippen LogP contribution in [0.15, 0.2) is 18.2 Å². The van der Waals surface area contributed by atoms with Gasteiger partial charge in [0.25, 0.3) is 0 Å². The van der Waals surface area contributed by atoms with Gasteiger partial charge in [0.2, 0.25) is 5.91 Å². The van der Waals surface area contributed by atoms with Gasteiger partial charge < -0.3 is 10.0 Å². The van der Waals surface area contributed by atoms with Gasteiger partial charge in [0.15, 0.2) is 0 Å². The second-order valence-electron chi connectivity index (χ2n) is 6.35. The van der Waals surface area contributed by atoms with Gasteiger partial charge in [-0.3, -0.25) is 4.79 Å². The molecule has 1 amide bonds. The number of nitrogens with zero attached hydrogens (tertiary/aromatic N) is 1. The molecule has 0 atom stereocenters. The molecular formula is C17H23F2NO2. The van der Waals surface area contributed by atoms with Crippen molar-refractivity contribution in [1.82, 2.24) is 4.90 Å². The standard InChI is InChI=1S/C17H23F2NO2/c1-20(11-17(12-21)8-2-3-9-17)16(22)7-5-13-4-6-14(18)10-15(13)19/h4,6,10,21H,2-3,5,7-9,11-12H2,1H3. The lowest BCUT2D eigenvalue weighted by Crippen LogP contribution is -2.39. The molecule has 1 N–H and O–H groups in total. The van der Waals surface area contributed by atoms with Gasteiger partial charge in [0.1, 0.15) is 11.6 Å². The minimum absolute atomic E-state index is 0.0801. The molecule has 22 heavy (non-hydrogen) atoms. The Morgan fingerprint density at radius 2 is 2.00 bits per heavy atom. The van der Waals surface area contributed by atoms with Crippen LogP contribution in [-0.2, 0) is 11.2 Å². The monoisotopic (exact) mass is 311 g/mol. The number of aliphatic hydroxyl groups excluding tert-OH is 1. The summed E-state index contributed by atoms with van der Waals surface area (Å²) in [5.74, 6) is -1.31. The lowest BCUT2D eigenvalue weighted by molar-refractivity contribution is -0.131. The van der Waals surface area contributed by atoms with E-state index in [2.05, 4.69) is 0 Å². The van der Waals surface area contributed by atoms with Crippen molar-refractivity contribution in [3.05, 3.63) is 35.4 Å². The number of amides is 1. The van der Waals surface area contributed by atoms with Crippen molar-refractivity contribution in [3.8, 4) is 0 Å². The fraction of sp³-hybridized carbons (Fsp3) is 0.588. The summed E-state index contributed by atoms with van der Waals surface area (Å²) >= 11 is 0. The Balaban J connectivity index is 1.88. The van der Waals surface area contributed by atoms with Crippen LogP contribution < -0.4 is 0 Å². The summed E-state index contributed by atoms with van der Waals surface area (Å²) in [7, 11) is 1.72. The molecule has 1 saturated carbocycles. The molecule has 1 aromatic carbocycles. The van der Waals surface area contributed by atoms with E-state index in [1.54, 1.807) is 11.9 Å². The molecule has 0 aliphatic heterocycles. The van der Waals surface area contributed by atoms with Crippen molar-refractivity contribution in [3.63, 3.8) is 0 Å². The zero-order valence-corrected chi connectivity index (χ0v) is 12.9. The number of aliphatic hydroxyl groups is 1. The number of hydrogen-bond acceptors (Lipinski definition) is 2. The lowest BCUT2D eigenvalue weighted by Gasteiger charge is -2.31. The van der Waals surface area contributed by atoms with Crippen molar-refractivity contribution < 1.29 is 18.7 Å². The predicted molar refractivity (Wildman–Crippen MR) is 80.3 cm³/mol. The number of carbonyl (C=O) groups is 1. The average molecular weight is 311 g/mol. The van der Waals surface area contributed by atoms with Crippen LogP contribution in [-0.4, -0.2) is 36.1 Å². The first-order valence-electron chi connectivity index (χ1n) is 7.74. The van der Waals surface area contributed by atoms with Crippen LogP contribution >= 0.6 is 0 Å². The largest absolute Gasteiger partial charge is 0.396 e. The molecule has 0 aromatic heterocycles. The topological polar surface area (TPSA) is 40.5 Å². The van der Waals surface area contributed by atoms with E-state index in [0.717, 1.165) is 31.7 Å². The minimum Gasteiger partial charge on any atom is -0.396 e. The minimum atomic E-state index is -0.615. The normalized spacial score (nSPS) is 16.7. The predicted octanol–water partition coefficient (Wildman–Crippen LogP) is 2.91. The summed E-state index contributed by atoms with van der Waals surface area (Å²) in [6, 6.07) is 3.42. The van der Waals surface area contributed by atoms with E-state index in [-0.39, 0.29) is 30.8 Å². The second kappa shape index (κ2) is 7.18. The van der Waals surface area contributed by atoms with Gasteiger partial charge >= 0.3 is 0 Å². The zero-order valence-electron chi connectivity index (χ0n) is 12.9. The molecule has 1 aliphatic carbocycles. The number of benzene rings is 1. The van der Waals surface area contributed by atoms with Gasteiger partial charge in [0, 0.05) is 31.5 Å². The van der Waals surface area contributed by atoms with E-state index in [1.165, 1.54) is 12.1 Å². The highest BCUT2D eigenvalue weighted by Crippen LogP contribution is 2.38. The van der Waals surface area contributed by atoms with Gasteiger partial charge in [-0.25, -0.2) is 8.78 Å². The number of hydrogen-bond donors (Lipinski definition) is 1. The van der Waals surface area contributed by atoms with Crippen LogP contribution in [0.25, 0.3) is 0 Å². The molecule has 122 valence electrons. The Labute approximate surface area is 129 Å². The Morgan fingerprint density at radius 1 is 1.32 bits per heavy atom. The van der Waals surface area contributed by atoms with Crippen molar-refractivity contribution in [2.75, 3.05) is 20.2 Å². The molecule has 1 aliphatic rings. The number of carbonyl (C=O) groups excluding carboxylic acids is 1. The third-order valence-corrected chi connectivity index (χ3v) is 4.62. The first-order valence-corrected chi connectivity index (χ1v) is 7.74. The zero-order chi connectivity index (χ0) is 16.2. The maximum atomic E-state index is 13.5. The molecule has 1 fully saturated rings. The molecule has 1 aromatic rings. The van der Waals surface area contributed by atoms with E-state index in [1.807, 2.05) is 0 Å². The molecule has 2 rings (SSSR count). The fourth-order valence-corrected chi connectivity index (χ4v) is 3.24. The Kier molecular flexibility index (Phi) is 5.51. The SMILES string of the molecule is CN(CC1(CO)CCCC1)C(=O)CCc1ccc(F)cc1F. The van der Waals surface area contributed by atoms with Crippen molar-refractivity contribution in [1.29, 1.82) is 0 Å². The molecule has 0 bridgehead atoms. The van der Waals surface area contributed by atoms with Crippen molar-refractivity contribution >= 4 is 5.91 Å². The van der Waals surface area contributed by atoms with Crippen LogP contribution in [0.2, 0.25) is 0 Å². The van der Waals surface area contributed by atoms with Crippen LogP contribution in [0.4, 0.5) is 8.78 Å². The van der Waals surface area contributed by atoms with Crippen LogP contribution in [0.3, 0.4) is 0 Å². The number of halogens is 2. The quantitative estimate of drug-likeness (QED) is 0.877. The van der Waals surface area contributed by atoms with E-state index >= 15 is 0 Å². The number of rotatable bonds is 6. The molecule has 0 spiro atoms. The van der Waals surface area contributed by atoms with E-state index in [9.17, 15) is 18.7 Å². The third-order valence-electron chi connectivity index (χ3n) is 4.62. The van der Waals surface area contributed by atoms with Gasteiger partial charge in [-0.15, -0.1) is 0 Å². The van der Waals surface area contributed by atoms with Gasteiger partial charge in [-0.05, 0) is 30.9 Å². The average Bonchev–Trinajstić information content (AvgIpc) is 2.95. The van der Waals surface area contributed by atoms with Crippen LogP contribution in [0.1, 0.15) is 37.7 Å². The highest BCUT2D eigenvalue weighted by atomic mass is 19.1. The molecule has 0 unspecified atom stereocenters. The van der Waals surface area contributed by atoms with Crippen LogP contribution in [0.5, 0.6) is 0 Å². The Hall–Kier alpha value is -1.49. The van der Waals surface area contributed by atoms with E-state index < -0.39 is 11.6 Å². The molecule has 3 nitrogen and oxygen atoms in total. The number of aryl methyl sites for hydroxylation is 1. The summed E-state index contributed by atoms with van der Waals surface area (Å²) in [6.45, 7) is 0.630. The van der Waals surface area contributed by atoms with E-state index in [0.29, 0.717) is 12.1 Å². The highest BCUT2D eigenvalue weighted by molar-refractivity contribution is 5.76. The molecule has 0 heterocycles. The molecular weight excluding hydrogens is 288 g/mol. The van der Waals surface area contributed by atoms with Gasteiger partial charge in [-0.2, -0.15) is 0 Å². The molecule has 0 radical (unpaired) electrons. The Morgan fingerprint density at radius 3 is 2.59 bits per heavy atom. The molecule has 5 heteroatoms. The van der Waals surface area contributed by atoms with E-state index in [4.69, 9.17) is 0 Å². The lowest BCUT2D eigenvalue weighted by atomic mass is 9.86. The summed E-state index contributed by atoms with van der Waals surface area (Å²) < 4.78 is 26.4. The smallest absolute Gasteiger partial charge is 0.222 e. The third kappa shape index (κ3) is 4.03. The first kappa shape index (κ1) is 16.9. The van der Waals surface area contributed by atoms with Crippen molar-refractivity contribution in [2.45, 2.75) is 38.5 Å². The second-order valence-corrected chi connectivity index (χ2v) is 6.35. The maximum Gasteiger partial charge on any atom is 0.222 e. The van der Waals surface area contributed by atoms with Gasteiger partial charge in [0.05, 0.1) is 6.61 Å². The fourth-order valence-electron chi connectivity index (χ4n) is 3.24. The summed E-state index contributed by atoms with van der Waals surface area (Å²) in [5, 5.41) is 9.59. The summed E-state index contributed by atoms with van der Waals surface area (Å²) in [4.78, 5) is 13.8. The van der Waals surface area contributed by atoms with Gasteiger partial charge in [-0.1, -0.05) is 18.9 Å². The Bertz CT molecular complexity index is 527. The highest BCUT2D eigenvalue weighted by Gasteiger charge is 2.35.